The third kappa shape index (κ3) is 3.72. The Hall–Kier alpha value is -1.26. The first kappa shape index (κ1) is 12.8. The molecule has 0 aliphatic carbocycles. The molecule has 0 aromatic heterocycles. The first-order valence-electron chi connectivity index (χ1n) is 4.89. The molecule has 3 N–H and O–H groups in total. The van der Waals surface area contributed by atoms with E-state index in [9.17, 15) is 9.90 Å². The maximum Gasteiger partial charge on any atom is 0.220 e. The van der Waals surface area contributed by atoms with Crippen molar-refractivity contribution in [2.45, 2.75) is 19.4 Å². The number of ether oxygens (including phenoxy) is 1. The number of halogens is 1. The van der Waals surface area contributed by atoms with Crippen molar-refractivity contribution in [3.8, 4) is 5.75 Å². The number of rotatable bonds is 5. The fourth-order valence-electron chi connectivity index (χ4n) is 1.16. The summed E-state index contributed by atoms with van der Waals surface area (Å²) < 4.78 is 5.27. The Labute approximate surface area is 99.0 Å². The molecule has 0 bridgehead atoms. The molecule has 16 heavy (non-hydrogen) atoms. The van der Waals surface area contributed by atoms with Gasteiger partial charge in [-0.05, 0) is 24.6 Å². The maximum absolute atomic E-state index is 10.5. The maximum atomic E-state index is 10.5. The highest BCUT2D eigenvalue weighted by Gasteiger charge is 2.06. The molecule has 0 heterocycles. The van der Waals surface area contributed by atoms with Crippen LogP contribution in [0.25, 0.3) is 0 Å². The van der Waals surface area contributed by atoms with Crippen LogP contribution in [0.5, 0.6) is 5.75 Å². The second kappa shape index (κ2) is 5.72. The third-order valence-corrected chi connectivity index (χ3v) is 2.34. The lowest BCUT2D eigenvalue weighted by Gasteiger charge is -2.10. The topological polar surface area (TPSA) is 72.6 Å². The average Bonchev–Trinajstić information content (AvgIpc) is 2.19. The Morgan fingerprint density at radius 3 is 2.81 bits per heavy atom. The number of carbonyl (C=O) groups is 1. The van der Waals surface area contributed by atoms with Gasteiger partial charge in [-0.25, -0.2) is 0 Å². The summed E-state index contributed by atoms with van der Waals surface area (Å²) in [6.07, 6.45) is -0.425. The van der Waals surface area contributed by atoms with E-state index in [1.165, 1.54) is 0 Å². The lowest BCUT2D eigenvalue weighted by Crippen LogP contribution is -2.14. The fraction of sp³-hybridized carbons (Fsp3) is 0.364. The summed E-state index contributed by atoms with van der Waals surface area (Å²) in [6, 6.07) is 5.01. The quantitative estimate of drug-likeness (QED) is 0.826. The molecule has 5 heteroatoms. The molecule has 0 saturated carbocycles. The number of primary amides is 1. The number of amides is 1. The Morgan fingerprint density at radius 2 is 2.31 bits per heavy atom. The SMILES string of the molecule is C[C@@H](O)c1ccc(OCCC(N)=O)c(Cl)c1. The van der Waals surface area contributed by atoms with E-state index in [1.54, 1.807) is 25.1 Å². The average molecular weight is 244 g/mol. The highest BCUT2D eigenvalue weighted by Crippen LogP contribution is 2.27. The second-order valence-corrected chi connectivity index (χ2v) is 3.84. The van der Waals surface area contributed by atoms with Gasteiger partial charge in [-0.2, -0.15) is 0 Å². The van der Waals surface area contributed by atoms with Crippen molar-refractivity contribution in [3.05, 3.63) is 28.8 Å². The number of aliphatic hydroxyl groups excluding tert-OH is 1. The summed E-state index contributed by atoms with van der Waals surface area (Å²) in [4.78, 5) is 10.5. The van der Waals surface area contributed by atoms with E-state index in [0.717, 1.165) is 0 Å². The van der Waals surface area contributed by atoms with Crippen molar-refractivity contribution >= 4 is 17.5 Å². The number of hydrogen-bond donors (Lipinski definition) is 2. The first-order valence-corrected chi connectivity index (χ1v) is 5.27. The van der Waals surface area contributed by atoms with Gasteiger partial charge < -0.3 is 15.6 Å². The van der Waals surface area contributed by atoms with E-state index in [0.29, 0.717) is 16.3 Å². The molecule has 1 aromatic rings. The molecule has 4 nitrogen and oxygen atoms in total. The zero-order valence-corrected chi connectivity index (χ0v) is 9.70. The van der Waals surface area contributed by atoms with Gasteiger partial charge in [0.05, 0.1) is 24.2 Å². The number of aliphatic hydroxyl groups is 1. The summed E-state index contributed by atoms with van der Waals surface area (Å²) in [5.41, 5.74) is 5.69. The monoisotopic (exact) mass is 243 g/mol. The minimum Gasteiger partial charge on any atom is -0.491 e. The van der Waals surface area contributed by atoms with Crippen LogP contribution in [-0.4, -0.2) is 17.6 Å². The minimum atomic E-state index is -0.572. The predicted molar refractivity (Wildman–Crippen MR) is 61.4 cm³/mol. The highest BCUT2D eigenvalue weighted by atomic mass is 35.5. The lowest BCUT2D eigenvalue weighted by molar-refractivity contribution is -0.118. The number of hydrogen-bond acceptors (Lipinski definition) is 3. The Morgan fingerprint density at radius 1 is 1.62 bits per heavy atom. The molecule has 0 saturated heterocycles. The van der Waals surface area contributed by atoms with Crippen LogP contribution >= 0.6 is 11.6 Å². The van der Waals surface area contributed by atoms with Crippen LogP contribution in [0, 0.1) is 0 Å². The standard InChI is InChI=1S/C11H14ClNO3/c1-7(14)8-2-3-10(9(12)6-8)16-5-4-11(13)15/h2-3,6-7,14H,4-5H2,1H3,(H2,13,15)/t7-/m1/s1. The van der Waals surface area contributed by atoms with Crippen LogP contribution in [0.15, 0.2) is 18.2 Å². The molecule has 1 amide bonds. The zero-order valence-electron chi connectivity index (χ0n) is 8.94. The largest absolute Gasteiger partial charge is 0.491 e. The van der Waals surface area contributed by atoms with Gasteiger partial charge in [0.2, 0.25) is 5.91 Å². The van der Waals surface area contributed by atoms with Gasteiger partial charge in [0.1, 0.15) is 5.75 Å². The van der Waals surface area contributed by atoms with E-state index in [2.05, 4.69) is 0 Å². The van der Waals surface area contributed by atoms with Gasteiger partial charge in [0.25, 0.3) is 0 Å². The second-order valence-electron chi connectivity index (χ2n) is 3.43. The Bertz CT molecular complexity index is 379. The van der Waals surface area contributed by atoms with E-state index in [4.69, 9.17) is 22.1 Å². The van der Waals surface area contributed by atoms with Crippen LogP contribution in [0.2, 0.25) is 5.02 Å². The van der Waals surface area contributed by atoms with E-state index in [-0.39, 0.29) is 13.0 Å². The van der Waals surface area contributed by atoms with Crippen LogP contribution < -0.4 is 10.5 Å². The molecule has 0 unspecified atom stereocenters. The van der Waals surface area contributed by atoms with Crippen molar-refractivity contribution in [2.75, 3.05) is 6.61 Å². The molecule has 1 rings (SSSR count). The first-order chi connectivity index (χ1) is 7.50. The molecule has 0 aliphatic heterocycles. The summed E-state index contributed by atoms with van der Waals surface area (Å²) in [7, 11) is 0. The number of carbonyl (C=O) groups excluding carboxylic acids is 1. The molecular weight excluding hydrogens is 230 g/mol. The van der Waals surface area contributed by atoms with Crippen molar-refractivity contribution in [1.29, 1.82) is 0 Å². The molecule has 1 aromatic carbocycles. The molecule has 0 aliphatic rings. The Balaban J connectivity index is 2.64. The molecule has 88 valence electrons. The van der Waals surface area contributed by atoms with E-state index >= 15 is 0 Å². The number of nitrogens with two attached hydrogens (primary N) is 1. The van der Waals surface area contributed by atoms with Crippen molar-refractivity contribution in [1.82, 2.24) is 0 Å². The van der Waals surface area contributed by atoms with Gasteiger partial charge in [0, 0.05) is 0 Å². The van der Waals surface area contributed by atoms with Gasteiger partial charge >= 0.3 is 0 Å². The zero-order chi connectivity index (χ0) is 12.1. The summed E-state index contributed by atoms with van der Waals surface area (Å²) in [6.45, 7) is 1.85. The van der Waals surface area contributed by atoms with Gasteiger partial charge in [-0.1, -0.05) is 17.7 Å². The summed E-state index contributed by atoms with van der Waals surface area (Å²) >= 11 is 5.94. The van der Waals surface area contributed by atoms with Crippen LogP contribution in [-0.2, 0) is 4.79 Å². The molecule has 0 spiro atoms. The third-order valence-electron chi connectivity index (χ3n) is 2.04. The lowest BCUT2D eigenvalue weighted by atomic mass is 10.1. The predicted octanol–water partition coefficient (Wildman–Crippen LogP) is 1.65. The van der Waals surface area contributed by atoms with Crippen LogP contribution in [0.4, 0.5) is 0 Å². The highest BCUT2D eigenvalue weighted by molar-refractivity contribution is 6.32. The fourth-order valence-corrected chi connectivity index (χ4v) is 1.40. The van der Waals surface area contributed by atoms with Crippen molar-refractivity contribution in [3.63, 3.8) is 0 Å². The van der Waals surface area contributed by atoms with Crippen LogP contribution in [0.3, 0.4) is 0 Å². The van der Waals surface area contributed by atoms with Gasteiger partial charge in [-0.15, -0.1) is 0 Å². The van der Waals surface area contributed by atoms with Crippen LogP contribution in [0.1, 0.15) is 25.0 Å². The molecule has 1 atom stereocenters. The number of benzene rings is 1. The molecular formula is C11H14ClNO3. The molecule has 0 fully saturated rings. The minimum absolute atomic E-state index is 0.147. The Kier molecular flexibility index (Phi) is 4.58. The smallest absolute Gasteiger partial charge is 0.220 e. The summed E-state index contributed by atoms with van der Waals surface area (Å²) in [5, 5.41) is 9.73. The normalized spacial score (nSPS) is 12.2. The van der Waals surface area contributed by atoms with Gasteiger partial charge in [-0.3, -0.25) is 4.79 Å². The van der Waals surface area contributed by atoms with Crippen molar-refractivity contribution < 1.29 is 14.6 Å². The summed E-state index contributed by atoms with van der Waals surface area (Å²) in [5.74, 6) is 0.0593. The van der Waals surface area contributed by atoms with E-state index < -0.39 is 12.0 Å². The van der Waals surface area contributed by atoms with E-state index in [1.807, 2.05) is 0 Å². The van der Waals surface area contributed by atoms with Gasteiger partial charge in [0.15, 0.2) is 0 Å². The molecule has 0 radical (unpaired) electrons. The van der Waals surface area contributed by atoms with Crippen molar-refractivity contribution in [2.24, 2.45) is 5.73 Å².